The van der Waals surface area contributed by atoms with Crippen LogP contribution in [0.4, 0.5) is 4.39 Å². The maximum Gasteiger partial charge on any atom is 0.163 e. The van der Waals surface area contributed by atoms with Crippen molar-refractivity contribution >= 4 is 0 Å². The van der Waals surface area contributed by atoms with Crippen LogP contribution in [-0.2, 0) is 0 Å². The van der Waals surface area contributed by atoms with Crippen LogP contribution in [0, 0.1) is 5.82 Å². The van der Waals surface area contributed by atoms with Crippen LogP contribution in [0.2, 0.25) is 0 Å². The first-order valence-electron chi connectivity index (χ1n) is 5.76. The fourth-order valence-corrected chi connectivity index (χ4v) is 1.88. The van der Waals surface area contributed by atoms with Crippen molar-refractivity contribution in [1.82, 2.24) is 5.32 Å². The zero-order chi connectivity index (χ0) is 12.8. The number of nitrogens with one attached hydrogen (secondary N) is 1. The molecular weight excluding hydrogens is 221 g/mol. The van der Waals surface area contributed by atoms with Crippen LogP contribution in [0.1, 0.15) is 31.4 Å². The van der Waals surface area contributed by atoms with Crippen LogP contribution < -0.4 is 14.8 Å². The van der Waals surface area contributed by atoms with E-state index in [4.69, 9.17) is 9.47 Å². The molecule has 0 heterocycles. The van der Waals surface area contributed by atoms with Gasteiger partial charge >= 0.3 is 0 Å². The Morgan fingerprint density at radius 3 is 2.29 bits per heavy atom. The lowest BCUT2D eigenvalue weighted by molar-refractivity contribution is 0.350. The summed E-state index contributed by atoms with van der Waals surface area (Å²) in [6.07, 6.45) is 1.86. The SMILES string of the molecule is CCCC(NC)c1cc(OC)c(OC)cc1F. The van der Waals surface area contributed by atoms with Crippen LogP contribution in [0.3, 0.4) is 0 Å². The molecule has 0 saturated carbocycles. The second kappa shape index (κ2) is 6.45. The first kappa shape index (κ1) is 13.8. The van der Waals surface area contributed by atoms with Gasteiger partial charge in [-0.15, -0.1) is 0 Å². The Labute approximate surface area is 102 Å². The molecule has 1 aromatic rings. The van der Waals surface area contributed by atoms with Crippen LogP contribution >= 0.6 is 0 Å². The Kier molecular flexibility index (Phi) is 5.22. The summed E-state index contributed by atoms with van der Waals surface area (Å²) in [5.74, 6) is 0.704. The number of benzene rings is 1. The molecular formula is C13H20FNO2. The molecule has 0 saturated heterocycles. The van der Waals surface area contributed by atoms with Crippen molar-refractivity contribution in [3.05, 3.63) is 23.5 Å². The van der Waals surface area contributed by atoms with Gasteiger partial charge in [0.05, 0.1) is 14.2 Å². The second-order valence-corrected chi connectivity index (χ2v) is 3.86. The molecule has 0 aliphatic heterocycles. The Bertz CT molecular complexity index is 369. The van der Waals surface area contributed by atoms with Gasteiger partial charge in [0.25, 0.3) is 0 Å². The van der Waals surface area contributed by atoms with E-state index in [-0.39, 0.29) is 11.9 Å². The number of methoxy groups -OCH3 is 2. The quantitative estimate of drug-likeness (QED) is 0.830. The highest BCUT2D eigenvalue weighted by Gasteiger charge is 2.17. The summed E-state index contributed by atoms with van der Waals surface area (Å²) in [4.78, 5) is 0. The third-order valence-corrected chi connectivity index (χ3v) is 2.80. The zero-order valence-electron chi connectivity index (χ0n) is 10.8. The van der Waals surface area contributed by atoms with Gasteiger partial charge in [-0.3, -0.25) is 0 Å². The predicted octanol–water partition coefficient (Wildman–Crippen LogP) is 2.90. The maximum absolute atomic E-state index is 13.9. The van der Waals surface area contributed by atoms with E-state index >= 15 is 0 Å². The van der Waals surface area contributed by atoms with E-state index in [0.717, 1.165) is 12.8 Å². The Morgan fingerprint density at radius 2 is 1.82 bits per heavy atom. The van der Waals surface area contributed by atoms with Gasteiger partial charge in [0.2, 0.25) is 0 Å². The summed E-state index contributed by atoms with van der Waals surface area (Å²) < 4.78 is 24.2. The summed E-state index contributed by atoms with van der Waals surface area (Å²) in [5, 5.41) is 3.11. The minimum absolute atomic E-state index is 0.000180. The van der Waals surface area contributed by atoms with Crippen molar-refractivity contribution in [3.63, 3.8) is 0 Å². The number of hydrogen-bond donors (Lipinski definition) is 1. The molecule has 3 nitrogen and oxygen atoms in total. The fraction of sp³-hybridized carbons (Fsp3) is 0.538. The maximum atomic E-state index is 13.9. The van der Waals surface area contributed by atoms with Crippen LogP contribution in [0.15, 0.2) is 12.1 Å². The molecule has 0 aliphatic carbocycles. The average molecular weight is 241 g/mol. The summed E-state index contributed by atoms with van der Waals surface area (Å²) >= 11 is 0. The molecule has 17 heavy (non-hydrogen) atoms. The largest absolute Gasteiger partial charge is 0.493 e. The number of rotatable bonds is 6. The van der Waals surface area contributed by atoms with E-state index < -0.39 is 0 Å². The minimum atomic E-state index is -0.268. The van der Waals surface area contributed by atoms with Crippen molar-refractivity contribution in [2.75, 3.05) is 21.3 Å². The van der Waals surface area contributed by atoms with Gasteiger partial charge < -0.3 is 14.8 Å². The fourth-order valence-electron chi connectivity index (χ4n) is 1.88. The second-order valence-electron chi connectivity index (χ2n) is 3.86. The molecule has 0 amide bonds. The molecule has 1 unspecified atom stereocenters. The topological polar surface area (TPSA) is 30.5 Å². The molecule has 0 aromatic heterocycles. The molecule has 0 spiro atoms. The van der Waals surface area contributed by atoms with E-state index in [1.165, 1.54) is 13.2 Å². The average Bonchev–Trinajstić information content (AvgIpc) is 2.36. The highest BCUT2D eigenvalue weighted by atomic mass is 19.1. The van der Waals surface area contributed by atoms with Gasteiger partial charge in [0.1, 0.15) is 5.82 Å². The number of hydrogen-bond acceptors (Lipinski definition) is 3. The minimum Gasteiger partial charge on any atom is -0.493 e. The lowest BCUT2D eigenvalue weighted by atomic mass is 10.0. The third-order valence-electron chi connectivity index (χ3n) is 2.80. The van der Waals surface area contributed by atoms with E-state index in [1.54, 1.807) is 13.2 Å². The van der Waals surface area contributed by atoms with E-state index in [1.807, 2.05) is 7.05 Å². The van der Waals surface area contributed by atoms with Crippen molar-refractivity contribution in [3.8, 4) is 11.5 Å². The number of ether oxygens (including phenoxy) is 2. The first-order valence-corrected chi connectivity index (χ1v) is 5.76. The summed E-state index contributed by atoms with van der Waals surface area (Å²) in [6.45, 7) is 2.07. The molecule has 0 bridgehead atoms. The third kappa shape index (κ3) is 3.09. The Morgan fingerprint density at radius 1 is 1.24 bits per heavy atom. The monoisotopic (exact) mass is 241 g/mol. The van der Waals surface area contributed by atoms with Gasteiger partial charge in [-0.2, -0.15) is 0 Å². The molecule has 1 atom stereocenters. The summed E-state index contributed by atoms with van der Waals surface area (Å²) in [5.41, 5.74) is 0.618. The van der Waals surface area contributed by atoms with Gasteiger partial charge in [0, 0.05) is 17.7 Å². The zero-order valence-corrected chi connectivity index (χ0v) is 10.8. The van der Waals surface area contributed by atoms with Crippen molar-refractivity contribution in [2.24, 2.45) is 0 Å². The van der Waals surface area contributed by atoms with Crippen molar-refractivity contribution in [1.29, 1.82) is 0 Å². The van der Waals surface area contributed by atoms with Crippen LogP contribution in [0.25, 0.3) is 0 Å². The lowest BCUT2D eigenvalue weighted by Gasteiger charge is -2.18. The molecule has 0 aliphatic rings. The van der Waals surface area contributed by atoms with E-state index in [0.29, 0.717) is 17.1 Å². The number of halogens is 1. The first-order chi connectivity index (χ1) is 8.17. The molecule has 96 valence electrons. The van der Waals surface area contributed by atoms with Gasteiger partial charge in [-0.05, 0) is 19.5 Å². The summed E-state index contributed by atoms with van der Waals surface area (Å²) in [7, 11) is 4.88. The van der Waals surface area contributed by atoms with Crippen molar-refractivity contribution in [2.45, 2.75) is 25.8 Å². The highest BCUT2D eigenvalue weighted by molar-refractivity contribution is 5.44. The standard InChI is InChI=1S/C13H20FNO2/c1-5-6-11(15-2)9-7-12(16-3)13(17-4)8-10(9)14/h7-8,11,15H,5-6H2,1-4H3. The molecule has 1 aromatic carbocycles. The molecule has 1 N–H and O–H groups in total. The van der Waals surface area contributed by atoms with Gasteiger partial charge in [-0.1, -0.05) is 13.3 Å². The Balaban J connectivity index is 3.14. The summed E-state index contributed by atoms with van der Waals surface area (Å²) in [6, 6.07) is 3.07. The smallest absolute Gasteiger partial charge is 0.163 e. The van der Waals surface area contributed by atoms with Crippen LogP contribution in [0.5, 0.6) is 11.5 Å². The van der Waals surface area contributed by atoms with Gasteiger partial charge in [-0.25, -0.2) is 4.39 Å². The lowest BCUT2D eigenvalue weighted by Crippen LogP contribution is -2.17. The highest BCUT2D eigenvalue weighted by Crippen LogP contribution is 2.33. The van der Waals surface area contributed by atoms with Crippen molar-refractivity contribution < 1.29 is 13.9 Å². The van der Waals surface area contributed by atoms with E-state index in [2.05, 4.69) is 12.2 Å². The molecule has 0 radical (unpaired) electrons. The van der Waals surface area contributed by atoms with Gasteiger partial charge in [0.15, 0.2) is 11.5 Å². The van der Waals surface area contributed by atoms with E-state index in [9.17, 15) is 4.39 Å². The molecule has 1 rings (SSSR count). The molecule has 4 heteroatoms. The van der Waals surface area contributed by atoms with Crippen LogP contribution in [-0.4, -0.2) is 21.3 Å². The normalized spacial score (nSPS) is 12.3. The predicted molar refractivity (Wildman–Crippen MR) is 66.2 cm³/mol. The Hall–Kier alpha value is -1.29. The molecule has 0 fully saturated rings.